The summed E-state index contributed by atoms with van der Waals surface area (Å²) in [5.41, 5.74) is -0.0644. The first-order chi connectivity index (χ1) is 13.3. The molecule has 0 fully saturated rings. The highest BCUT2D eigenvalue weighted by Gasteiger charge is 2.21. The normalized spacial score (nSPS) is 11.2. The van der Waals surface area contributed by atoms with Crippen LogP contribution in [0, 0.1) is 10.1 Å². The molecule has 0 saturated heterocycles. The molecular formula is C19H16N2O6S. The van der Waals surface area contributed by atoms with Crippen molar-refractivity contribution in [3.05, 3.63) is 70.8 Å². The van der Waals surface area contributed by atoms with E-state index in [0.29, 0.717) is 0 Å². The summed E-state index contributed by atoms with van der Waals surface area (Å²) >= 11 is 0. The van der Waals surface area contributed by atoms with E-state index in [1.54, 1.807) is 18.2 Å². The fraction of sp³-hybridized carbons (Fsp3) is 0.105. The Morgan fingerprint density at radius 1 is 1.07 bits per heavy atom. The van der Waals surface area contributed by atoms with Crippen LogP contribution in [0.4, 0.5) is 11.4 Å². The predicted molar refractivity (Wildman–Crippen MR) is 104 cm³/mol. The van der Waals surface area contributed by atoms with E-state index >= 15 is 0 Å². The summed E-state index contributed by atoms with van der Waals surface area (Å²) in [5, 5.41) is 14.9. The van der Waals surface area contributed by atoms with Crippen LogP contribution in [0.2, 0.25) is 0 Å². The molecule has 1 N–H and O–H groups in total. The van der Waals surface area contributed by atoms with Crippen LogP contribution < -0.4 is 10.1 Å². The van der Waals surface area contributed by atoms with Crippen molar-refractivity contribution in [2.75, 3.05) is 18.2 Å². The molecule has 0 radical (unpaired) electrons. The number of nitro groups is 1. The molecule has 1 amide bonds. The molecule has 0 saturated carbocycles. The maximum atomic E-state index is 12.6. The van der Waals surface area contributed by atoms with E-state index in [9.17, 15) is 23.3 Å². The zero-order chi connectivity index (χ0) is 20.3. The zero-order valence-electron chi connectivity index (χ0n) is 14.8. The number of ether oxygens (including phenoxy) is 1. The van der Waals surface area contributed by atoms with Gasteiger partial charge >= 0.3 is 0 Å². The first-order valence-corrected chi connectivity index (χ1v) is 9.79. The molecule has 0 aliphatic heterocycles. The Balaban J connectivity index is 1.80. The van der Waals surface area contributed by atoms with Crippen LogP contribution in [0.1, 0.15) is 0 Å². The van der Waals surface area contributed by atoms with Gasteiger partial charge in [0.2, 0.25) is 5.91 Å². The smallest absolute Gasteiger partial charge is 0.273 e. The fourth-order valence-electron chi connectivity index (χ4n) is 2.70. The number of non-ortho nitro benzene ring substituents is 1. The van der Waals surface area contributed by atoms with Crippen molar-refractivity contribution in [3.8, 4) is 5.75 Å². The lowest BCUT2D eigenvalue weighted by atomic mass is 10.1. The second-order valence-electron chi connectivity index (χ2n) is 5.96. The number of hydrogen-bond donors (Lipinski definition) is 1. The summed E-state index contributed by atoms with van der Waals surface area (Å²) < 4.78 is 30.2. The second-order valence-corrected chi connectivity index (χ2v) is 7.95. The molecule has 0 bridgehead atoms. The average Bonchev–Trinajstić information content (AvgIpc) is 2.67. The van der Waals surface area contributed by atoms with E-state index in [4.69, 9.17) is 4.74 Å². The number of sulfone groups is 1. The molecule has 0 aliphatic rings. The number of methoxy groups -OCH3 is 1. The van der Waals surface area contributed by atoms with Crippen LogP contribution in [0.3, 0.4) is 0 Å². The van der Waals surface area contributed by atoms with Gasteiger partial charge in [0.1, 0.15) is 11.5 Å². The van der Waals surface area contributed by atoms with Crippen LogP contribution >= 0.6 is 0 Å². The minimum atomic E-state index is -3.87. The van der Waals surface area contributed by atoms with Gasteiger partial charge in [-0.3, -0.25) is 14.9 Å². The number of benzene rings is 3. The Bertz CT molecular complexity index is 1170. The second kappa shape index (κ2) is 7.65. The third-order valence-corrected chi connectivity index (χ3v) is 5.69. The van der Waals surface area contributed by atoms with Gasteiger partial charge in [-0.25, -0.2) is 8.42 Å². The first kappa shape index (κ1) is 19.3. The van der Waals surface area contributed by atoms with Gasteiger partial charge in [-0.1, -0.05) is 30.3 Å². The van der Waals surface area contributed by atoms with Crippen LogP contribution in [0.15, 0.2) is 65.6 Å². The van der Waals surface area contributed by atoms with Gasteiger partial charge in [-0.15, -0.1) is 0 Å². The molecule has 0 aromatic heterocycles. The molecule has 28 heavy (non-hydrogen) atoms. The molecule has 3 rings (SSSR count). The SMILES string of the molecule is COc1cc([N+](=O)[O-])ccc1NC(=O)CS(=O)(=O)c1ccc2ccccc2c1. The molecule has 0 heterocycles. The van der Waals surface area contributed by atoms with Crippen LogP contribution in [-0.2, 0) is 14.6 Å². The number of rotatable bonds is 6. The molecule has 0 aliphatic carbocycles. The van der Waals surface area contributed by atoms with E-state index in [1.165, 1.54) is 31.4 Å². The highest BCUT2D eigenvalue weighted by molar-refractivity contribution is 7.92. The Kier molecular flexibility index (Phi) is 5.27. The molecule has 9 heteroatoms. The predicted octanol–water partition coefficient (Wildman–Crippen LogP) is 3.17. The standard InChI is InChI=1S/C19H16N2O6S/c1-27-18-11-15(21(23)24)7-9-17(18)20-19(22)12-28(25,26)16-8-6-13-4-2-3-5-14(13)10-16/h2-11H,12H2,1H3,(H,20,22). The molecule has 8 nitrogen and oxygen atoms in total. The number of carbonyl (C=O) groups excluding carboxylic acids is 1. The number of anilines is 1. The fourth-order valence-corrected chi connectivity index (χ4v) is 3.87. The van der Waals surface area contributed by atoms with E-state index in [2.05, 4.69) is 5.32 Å². The number of nitrogens with one attached hydrogen (secondary N) is 1. The van der Waals surface area contributed by atoms with Crippen LogP contribution in [0.25, 0.3) is 10.8 Å². The lowest BCUT2D eigenvalue weighted by Crippen LogP contribution is -2.23. The summed E-state index contributed by atoms with van der Waals surface area (Å²) in [6.45, 7) is 0. The molecule has 0 atom stereocenters. The van der Waals surface area contributed by atoms with Crippen LogP contribution in [-0.4, -0.2) is 32.1 Å². The third kappa shape index (κ3) is 4.09. The Morgan fingerprint density at radius 2 is 1.79 bits per heavy atom. The summed E-state index contributed by atoms with van der Waals surface area (Å²) in [5.74, 6) is -1.49. The first-order valence-electron chi connectivity index (χ1n) is 8.14. The monoisotopic (exact) mass is 400 g/mol. The number of hydrogen-bond acceptors (Lipinski definition) is 6. The van der Waals surface area contributed by atoms with E-state index < -0.39 is 26.4 Å². The van der Waals surface area contributed by atoms with Crippen molar-refractivity contribution in [2.24, 2.45) is 0 Å². The van der Waals surface area contributed by atoms with Gasteiger partial charge < -0.3 is 10.1 Å². The maximum Gasteiger partial charge on any atom is 0.273 e. The minimum absolute atomic E-state index is 0.0389. The molecule has 3 aromatic rings. The van der Waals surface area contributed by atoms with E-state index in [1.807, 2.05) is 12.1 Å². The molecule has 3 aromatic carbocycles. The van der Waals surface area contributed by atoms with Crippen LogP contribution in [0.5, 0.6) is 5.75 Å². The molecule has 0 spiro atoms. The lowest BCUT2D eigenvalue weighted by molar-refractivity contribution is -0.384. The van der Waals surface area contributed by atoms with Crippen molar-refractivity contribution in [2.45, 2.75) is 4.90 Å². The Labute approximate surface area is 160 Å². The lowest BCUT2D eigenvalue weighted by Gasteiger charge is -2.10. The van der Waals surface area contributed by atoms with Crippen molar-refractivity contribution < 1.29 is 22.9 Å². The van der Waals surface area contributed by atoms with Crippen molar-refractivity contribution in [1.29, 1.82) is 0 Å². The number of nitro benzene ring substituents is 1. The van der Waals surface area contributed by atoms with Gasteiger partial charge in [-0.05, 0) is 29.0 Å². The summed E-state index contributed by atoms with van der Waals surface area (Å²) in [4.78, 5) is 22.5. The van der Waals surface area contributed by atoms with Crippen molar-refractivity contribution in [1.82, 2.24) is 0 Å². The van der Waals surface area contributed by atoms with Crippen molar-refractivity contribution >= 4 is 37.9 Å². The third-order valence-electron chi connectivity index (χ3n) is 4.07. The quantitative estimate of drug-likeness (QED) is 0.502. The largest absolute Gasteiger partial charge is 0.494 e. The zero-order valence-corrected chi connectivity index (χ0v) is 15.6. The maximum absolute atomic E-state index is 12.6. The van der Waals surface area contributed by atoms with Gasteiger partial charge in [0, 0.05) is 6.07 Å². The number of carbonyl (C=O) groups is 1. The minimum Gasteiger partial charge on any atom is -0.494 e. The number of amides is 1. The highest BCUT2D eigenvalue weighted by Crippen LogP contribution is 2.29. The number of fused-ring (bicyclic) bond motifs is 1. The van der Waals surface area contributed by atoms with E-state index in [-0.39, 0.29) is 22.0 Å². The van der Waals surface area contributed by atoms with Gasteiger partial charge in [-0.2, -0.15) is 0 Å². The van der Waals surface area contributed by atoms with E-state index in [0.717, 1.165) is 16.8 Å². The molecular weight excluding hydrogens is 384 g/mol. The van der Waals surface area contributed by atoms with Gasteiger partial charge in [0.25, 0.3) is 5.69 Å². The topological polar surface area (TPSA) is 116 Å². The summed E-state index contributed by atoms with van der Waals surface area (Å²) in [7, 11) is -2.58. The average molecular weight is 400 g/mol. The Morgan fingerprint density at radius 3 is 2.46 bits per heavy atom. The Hall–Kier alpha value is -3.46. The van der Waals surface area contributed by atoms with Crippen molar-refractivity contribution in [3.63, 3.8) is 0 Å². The summed E-state index contributed by atoms with van der Waals surface area (Å²) in [6, 6.07) is 15.6. The van der Waals surface area contributed by atoms with Gasteiger partial charge in [0.15, 0.2) is 9.84 Å². The summed E-state index contributed by atoms with van der Waals surface area (Å²) in [6.07, 6.45) is 0. The molecule has 0 unspecified atom stereocenters. The van der Waals surface area contributed by atoms with Gasteiger partial charge in [0.05, 0.1) is 28.7 Å². The number of nitrogens with zero attached hydrogens (tertiary/aromatic N) is 1. The molecule has 144 valence electrons. The highest BCUT2D eigenvalue weighted by atomic mass is 32.2.